The van der Waals surface area contributed by atoms with E-state index >= 15 is 4.39 Å². The highest BCUT2D eigenvalue weighted by atomic mass is 19.1. The molecule has 2 aliphatic heterocycles. The largest absolute Gasteiger partial charge is 0.369 e. The van der Waals surface area contributed by atoms with Crippen LogP contribution in [0.25, 0.3) is 16.9 Å². The minimum atomic E-state index is -0.282. The molecule has 1 saturated heterocycles. The van der Waals surface area contributed by atoms with Crippen LogP contribution in [-0.4, -0.2) is 44.5 Å². The molecule has 2 fully saturated rings. The van der Waals surface area contributed by atoms with E-state index in [1.807, 2.05) is 39.7 Å². The normalized spacial score (nSPS) is 21.2. The van der Waals surface area contributed by atoms with Crippen LogP contribution in [0.3, 0.4) is 0 Å². The van der Waals surface area contributed by atoms with Crippen molar-refractivity contribution in [2.24, 2.45) is 0 Å². The number of aromatic nitrogens is 3. The van der Waals surface area contributed by atoms with E-state index in [1.165, 1.54) is 11.1 Å². The number of anilines is 1. The molecule has 1 amide bonds. The lowest BCUT2D eigenvalue weighted by molar-refractivity contribution is 0.0671. The molecule has 0 radical (unpaired) electrons. The van der Waals surface area contributed by atoms with Crippen molar-refractivity contribution in [3.05, 3.63) is 82.9 Å². The standard InChI is InChI=1S/C31H32FN5O/c1-19-6-5-14-35(19)23-11-12-25(26(32)16-23)27-18-30-33-28(17-29(22-9-10-22)37(30)34-27)31(38)36-15-13-21-7-3-4-8-24(21)20(36)2/h3-4,7-8,11-12,16-20,22H,5-6,9-10,13-15H2,1-2H3/t19-,20-/m1/s1. The van der Waals surface area contributed by atoms with Crippen molar-refractivity contribution < 1.29 is 9.18 Å². The number of rotatable bonds is 4. The van der Waals surface area contributed by atoms with Gasteiger partial charge in [-0.15, -0.1) is 0 Å². The van der Waals surface area contributed by atoms with Crippen LogP contribution in [0.4, 0.5) is 10.1 Å². The highest BCUT2D eigenvalue weighted by Gasteiger charge is 2.32. The van der Waals surface area contributed by atoms with E-state index in [9.17, 15) is 4.79 Å². The number of carbonyl (C=O) groups excluding carboxylic acids is 1. The fraction of sp³-hybridized carbons (Fsp3) is 0.387. The third kappa shape index (κ3) is 3.87. The van der Waals surface area contributed by atoms with Gasteiger partial charge in [0.05, 0.1) is 11.7 Å². The van der Waals surface area contributed by atoms with Crippen molar-refractivity contribution >= 4 is 17.2 Å². The average Bonchev–Trinajstić information content (AvgIpc) is 3.54. The van der Waals surface area contributed by atoms with E-state index in [0.29, 0.717) is 41.1 Å². The molecule has 6 nitrogen and oxygen atoms in total. The van der Waals surface area contributed by atoms with Gasteiger partial charge >= 0.3 is 0 Å². The topological polar surface area (TPSA) is 53.7 Å². The van der Waals surface area contributed by atoms with Gasteiger partial charge in [0, 0.05) is 48.1 Å². The molecule has 4 heterocycles. The summed E-state index contributed by atoms with van der Waals surface area (Å²) in [7, 11) is 0. The van der Waals surface area contributed by atoms with Gasteiger partial charge in [-0.3, -0.25) is 4.79 Å². The van der Waals surface area contributed by atoms with Crippen LogP contribution in [0.15, 0.2) is 54.6 Å². The SMILES string of the molecule is C[C@@H]1c2ccccc2CCN1C(=O)c1cc(C2CC2)n2nc(-c3ccc(N4CCC[C@H]4C)cc3F)cc2n1. The van der Waals surface area contributed by atoms with Gasteiger partial charge in [-0.1, -0.05) is 24.3 Å². The number of hydrogen-bond donors (Lipinski definition) is 0. The van der Waals surface area contributed by atoms with Crippen molar-refractivity contribution in [3.63, 3.8) is 0 Å². The fourth-order valence-corrected chi connectivity index (χ4v) is 6.31. The zero-order chi connectivity index (χ0) is 26.0. The fourth-order valence-electron chi connectivity index (χ4n) is 6.31. The second-order valence-electron chi connectivity index (χ2n) is 11.1. The molecule has 7 heteroatoms. The van der Waals surface area contributed by atoms with Crippen LogP contribution in [0, 0.1) is 5.82 Å². The zero-order valence-electron chi connectivity index (χ0n) is 21.9. The molecule has 0 unspecified atom stereocenters. The maximum absolute atomic E-state index is 15.4. The lowest BCUT2D eigenvalue weighted by atomic mass is 9.93. The Morgan fingerprint density at radius 2 is 1.84 bits per heavy atom. The Hall–Kier alpha value is -3.74. The minimum absolute atomic E-state index is 0.0127. The third-order valence-electron chi connectivity index (χ3n) is 8.64. The Bertz CT molecular complexity index is 1560. The number of benzene rings is 2. The Labute approximate surface area is 222 Å². The second-order valence-corrected chi connectivity index (χ2v) is 11.1. The van der Waals surface area contributed by atoms with E-state index in [2.05, 4.69) is 36.9 Å². The maximum atomic E-state index is 15.4. The molecule has 0 bridgehead atoms. The lowest BCUT2D eigenvalue weighted by Gasteiger charge is -2.35. The van der Waals surface area contributed by atoms with Crippen LogP contribution < -0.4 is 4.90 Å². The average molecular weight is 510 g/mol. The molecule has 4 aromatic rings. The van der Waals surface area contributed by atoms with Crippen molar-refractivity contribution in [2.75, 3.05) is 18.0 Å². The molecular formula is C31H32FN5O. The van der Waals surface area contributed by atoms with Gasteiger partial charge in [-0.05, 0) is 81.3 Å². The summed E-state index contributed by atoms with van der Waals surface area (Å²) in [6.07, 6.45) is 5.23. The lowest BCUT2D eigenvalue weighted by Crippen LogP contribution is -2.39. The van der Waals surface area contributed by atoms with Gasteiger partial charge in [0.1, 0.15) is 11.5 Å². The molecule has 1 saturated carbocycles. The van der Waals surface area contributed by atoms with Crippen LogP contribution in [-0.2, 0) is 6.42 Å². The molecule has 3 aliphatic rings. The first-order valence-corrected chi connectivity index (χ1v) is 13.8. The molecule has 2 aromatic heterocycles. The number of nitrogens with zero attached hydrogens (tertiary/aromatic N) is 5. The Morgan fingerprint density at radius 1 is 1.00 bits per heavy atom. The smallest absolute Gasteiger partial charge is 0.273 e. The minimum Gasteiger partial charge on any atom is -0.369 e. The summed E-state index contributed by atoms with van der Waals surface area (Å²) >= 11 is 0. The van der Waals surface area contributed by atoms with Gasteiger partial charge in [0.25, 0.3) is 5.91 Å². The summed E-state index contributed by atoms with van der Waals surface area (Å²) in [6.45, 7) is 5.90. The molecule has 7 rings (SSSR count). The zero-order valence-corrected chi connectivity index (χ0v) is 21.9. The van der Waals surface area contributed by atoms with Gasteiger partial charge in [-0.25, -0.2) is 13.9 Å². The molecule has 0 N–H and O–H groups in total. The summed E-state index contributed by atoms with van der Waals surface area (Å²) in [4.78, 5) is 22.7. The summed E-state index contributed by atoms with van der Waals surface area (Å²) in [5.74, 6) is 0.00712. The number of amides is 1. The van der Waals surface area contributed by atoms with Crippen molar-refractivity contribution in [2.45, 2.75) is 64.0 Å². The number of halogens is 1. The molecule has 2 aromatic carbocycles. The molecular weight excluding hydrogens is 477 g/mol. The summed E-state index contributed by atoms with van der Waals surface area (Å²) in [5, 5.41) is 4.78. The van der Waals surface area contributed by atoms with Crippen molar-refractivity contribution in [3.8, 4) is 11.3 Å². The molecule has 0 spiro atoms. The van der Waals surface area contributed by atoms with Crippen LogP contribution in [0.1, 0.15) is 78.8 Å². The first kappa shape index (κ1) is 23.4. The van der Waals surface area contributed by atoms with E-state index in [-0.39, 0.29) is 17.8 Å². The highest BCUT2D eigenvalue weighted by molar-refractivity contribution is 5.93. The maximum Gasteiger partial charge on any atom is 0.273 e. The van der Waals surface area contributed by atoms with Crippen LogP contribution in [0.2, 0.25) is 0 Å². The molecule has 1 aliphatic carbocycles. The highest BCUT2D eigenvalue weighted by Crippen LogP contribution is 2.41. The van der Waals surface area contributed by atoms with Crippen LogP contribution in [0.5, 0.6) is 0 Å². The number of fused-ring (bicyclic) bond motifs is 2. The summed E-state index contributed by atoms with van der Waals surface area (Å²) < 4.78 is 17.2. The quantitative estimate of drug-likeness (QED) is 0.331. The van der Waals surface area contributed by atoms with Gasteiger partial charge in [0.2, 0.25) is 0 Å². The Kier molecular flexibility index (Phi) is 5.49. The van der Waals surface area contributed by atoms with E-state index in [1.54, 1.807) is 6.07 Å². The first-order chi connectivity index (χ1) is 18.5. The summed E-state index contributed by atoms with van der Waals surface area (Å²) in [6, 6.07) is 17.9. The monoisotopic (exact) mass is 509 g/mol. The van der Waals surface area contributed by atoms with Gasteiger partial charge in [-0.2, -0.15) is 5.10 Å². The molecule has 2 atom stereocenters. The van der Waals surface area contributed by atoms with Crippen LogP contribution >= 0.6 is 0 Å². The second kappa shape index (κ2) is 8.93. The first-order valence-electron chi connectivity index (χ1n) is 13.8. The van der Waals surface area contributed by atoms with Gasteiger partial charge < -0.3 is 9.80 Å². The molecule has 194 valence electrons. The predicted octanol–water partition coefficient (Wildman–Crippen LogP) is 6.16. The predicted molar refractivity (Wildman–Crippen MR) is 146 cm³/mol. The van der Waals surface area contributed by atoms with E-state index in [4.69, 9.17) is 10.1 Å². The van der Waals surface area contributed by atoms with E-state index in [0.717, 1.165) is 50.0 Å². The Morgan fingerprint density at radius 3 is 2.61 bits per heavy atom. The number of hydrogen-bond acceptors (Lipinski definition) is 4. The van der Waals surface area contributed by atoms with Crippen molar-refractivity contribution in [1.82, 2.24) is 19.5 Å². The third-order valence-corrected chi connectivity index (χ3v) is 8.64. The summed E-state index contributed by atoms with van der Waals surface area (Å²) in [5.41, 5.74) is 6.44. The number of carbonyl (C=O) groups is 1. The van der Waals surface area contributed by atoms with E-state index < -0.39 is 0 Å². The Balaban J connectivity index is 1.24. The van der Waals surface area contributed by atoms with Gasteiger partial charge in [0.15, 0.2) is 5.65 Å². The van der Waals surface area contributed by atoms with Crippen molar-refractivity contribution in [1.29, 1.82) is 0 Å². The molecule has 38 heavy (non-hydrogen) atoms.